The Bertz CT molecular complexity index is 809. The number of hydrogen-bond donors (Lipinski definition) is 1. The van der Waals surface area contributed by atoms with Crippen LogP contribution in [0.15, 0.2) is 11.0 Å². The number of carboxylic acid groups (broad SMARTS) is 1. The van der Waals surface area contributed by atoms with Gasteiger partial charge in [0.25, 0.3) is 10.0 Å². The fraction of sp³-hybridized carbons (Fsp3) is 0.385. The fourth-order valence-corrected chi connectivity index (χ4v) is 4.00. The minimum Gasteiger partial charge on any atom is -0.478 e. The molecule has 1 aliphatic heterocycles. The molecule has 0 fully saturated rings. The largest absolute Gasteiger partial charge is 0.478 e. The molecule has 1 aromatic rings. The van der Waals surface area contributed by atoms with E-state index in [1.807, 2.05) is 0 Å². The van der Waals surface area contributed by atoms with E-state index in [-0.39, 0.29) is 34.4 Å². The Hall–Kier alpha value is -1.71. The van der Waals surface area contributed by atoms with E-state index in [4.69, 9.17) is 33.0 Å². The Balaban J connectivity index is 2.50. The number of ether oxygens (including phenoxy) is 2. The van der Waals surface area contributed by atoms with Crippen LogP contribution >= 0.6 is 23.2 Å². The topological polar surface area (TPSA) is 110 Å². The Morgan fingerprint density at radius 3 is 2.58 bits per heavy atom. The highest BCUT2D eigenvalue weighted by molar-refractivity contribution is 7.89. The smallest absolute Gasteiger partial charge is 0.423 e. The van der Waals surface area contributed by atoms with Crippen LogP contribution in [0.25, 0.3) is 0 Å². The number of hydrogen-bond acceptors (Lipinski definition) is 6. The Morgan fingerprint density at radius 2 is 2.04 bits per heavy atom. The first-order chi connectivity index (χ1) is 11.1. The van der Waals surface area contributed by atoms with E-state index in [9.17, 15) is 18.0 Å². The zero-order chi connectivity index (χ0) is 18.2. The molecule has 1 atom stereocenters. The Morgan fingerprint density at radius 1 is 1.42 bits per heavy atom. The van der Waals surface area contributed by atoms with Gasteiger partial charge in [0.05, 0.1) is 11.6 Å². The lowest BCUT2D eigenvalue weighted by molar-refractivity contribution is -0.144. The second-order valence-electron chi connectivity index (χ2n) is 4.81. The molecule has 0 saturated heterocycles. The van der Waals surface area contributed by atoms with Crippen LogP contribution in [0.5, 0.6) is 5.75 Å². The van der Waals surface area contributed by atoms with Crippen molar-refractivity contribution in [3.05, 3.63) is 21.7 Å². The van der Waals surface area contributed by atoms with Crippen molar-refractivity contribution in [3.8, 4) is 5.75 Å². The van der Waals surface area contributed by atoms with Gasteiger partial charge in [0.1, 0.15) is 15.7 Å². The molecule has 11 heteroatoms. The second kappa shape index (κ2) is 6.66. The van der Waals surface area contributed by atoms with Gasteiger partial charge >= 0.3 is 12.1 Å². The summed E-state index contributed by atoms with van der Waals surface area (Å²) >= 11 is 12.0. The maximum absolute atomic E-state index is 12.6. The number of carbonyl (C=O) groups is 2. The summed E-state index contributed by atoms with van der Waals surface area (Å²) in [5.74, 6) is -1.20. The van der Waals surface area contributed by atoms with Crippen molar-refractivity contribution in [1.82, 2.24) is 4.31 Å². The minimum absolute atomic E-state index is 0.00843. The first kappa shape index (κ1) is 18.6. The monoisotopic (exact) mass is 397 g/mol. The molecule has 1 unspecified atom stereocenters. The molecule has 1 N–H and O–H groups in total. The first-order valence-electron chi connectivity index (χ1n) is 6.67. The molecular formula is C13H13Cl2NO7S. The molecule has 0 aromatic heterocycles. The SMILES string of the molecule is CCOC(=O)N(C)S(=O)(=O)c1cc2c(c(Cl)c1Cl)OC(C(=O)O)C2. The maximum Gasteiger partial charge on any atom is 0.423 e. The number of benzene rings is 1. The summed E-state index contributed by atoms with van der Waals surface area (Å²) in [4.78, 5) is 22.3. The molecule has 1 aromatic carbocycles. The third-order valence-corrected chi connectivity index (χ3v) is 6.02. The maximum atomic E-state index is 12.6. The predicted molar refractivity (Wildman–Crippen MR) is 84.2 cm³/mol. The van der Waals surface area contributed by atoms with Gasteiger partial charge in [-0.15, -0.1) is 0 Å². The lowest BCUT2D eigenvalue weighted by Crippen LogP contribution is -2.34. The summed E-state index contributed by atoms with van der Waals surface area (Å²) in [6.45, 7) is 1.52. The summed E-state index contributed by atoms with van der Waals surface area (Å²) in [5.41, 5.74) is 0.271. The fourth-order valence-electron chi connectivity index (χ4n) is 2.08. The van der Waals surface area contributed by atoms with Gasteiger partial charge in [-0.1, -0.05) is 23.2 Å². The Kier molecular flexibility index (Phi) is 5.17. The lowest BCUT2D eigenvalue weighted by atomic mass is 10.1. The highest BCUT2D eigenvalue weighted by Gasteiger charge is 2.36. The van der Waals surface area contributed by atoms with Crippen molar-refractivity contribution < 1.29 is 32.6 Å². The van der Waals surface area contributed by atoms with Crippen LogP contribution in [0.2, 0.25) is 10.0 Å². The molecule has 8 nitrogen and oxygen atoms in total. The van der Waals surface area contributed by atoms with Crippen LogP contribution in [0.1, 0.15) is 12.5 Å². The summed E-state index contributed by atoms with van der Waals surface area (Å²) < 4.78 is 35.3. The van der Waals surface area contributed by atoms with Gasteiger partial charge in [-0.3, -0.25) is 0 Å². The average molecular weight is 398 g/mol. The van der Waals surface area contributed by atoms with Crippen LogP contribution in [0.4, 0.5) is 4.79 Å². The molecule has 132 valence electrons. The molecule has 0 aliphatic carbocycles. The highest BCUT2D eigenvalue weighted by Crippen LogP contribution is 2.44. The van der Waals surface area contributed by atoms with Gasteiger partial charge in [-0.05, 0) is 13.0 Å². The highest BCUT2D eigenvalue weighted by atomic mass is 35.5. The van der Waals surface area contributed by atoms with E-state index >= 15 is 0 Å². The number of nitrogens with zero attached hydrogens (tertiary/aromatic N) is 1. The van der Waals surface area contributed by atoms with E-state index in [1.165, 1.54) is 6.92 Å². The molecule has 24 heavy (non-hydrogen) atoms. The van der Waals surface area contributed by atoms with Crippen molar-refractivity contribution >= 4 is 45.3 Å². The zero-order valence-electron chi connectivity index (χ0n) is 12.6. The van der Waals surface area contributed by atoms with Gasteiger partial charge < -0.3 is 14.6 Å². The molecule has 0 radical (unpaired) electrons. The van der Waals surface area contributed by atoms with Crippen LogP contribution in [0, 0.1) is 0 Å². The number of sulfonamides is 1. The van der Waals surface area contributed by atoms with Crippen LogP contribution < -0.4 is 4.74 Å². The van der Waals surface area contributed by atoms with E-state index in [0.29, 0.717) is 4.31 Å². The molecule has 0 saturated carbocycles. The number of halogens is 2. The summed E-state index contributed by atoms with van der Waals surface area (Å²) in [5, 5.41) is 8.41. The van der Waals surface area contributed by atoms with Crippen LogP contribution in [-0.4, -0.2) is 49.7 Å². The second-order valence-corrected chi connectivity index (χ2v) is 7.50. The van der Waals surface area contributed by atoms with E-state index in [0.717, 1.165) is 13.1 Å². The van der Waals surface area contributed by atoms with Crippen molar-refractivity contribution in [2.75, 3.05) is 13.7 Å². The molecule has 0 spiro atoms. The quantitative estimate of drug-likeness (QED) is 0.828. The van der Waals surface area contributed by atoms with Gasteiger partial charge in [0.15, 0.2) is 6.10 Å². The van der Waals surface area contributed by atoms with Crippen molar-refractivity contribution in [1.29, 1.82) is 0 Å². The van der Waals surface area contributed by atoms with Gasteiger partial charge in [0, 0.05) is 19.0 Å². The number of aliphatic carboxylic acids is 1. The standard InChI is InChI=1S/C13H13Cl2NO7S/c1-3-22-13(19)16(2)24(20,21)8-5-6-4-7(12(17)18)23-11(6)10(15)9(8)14/h5,7H,3-4H2,1-2H3,(H,17,18). The zero-order valence-corrected chi connectivity index (χ0v) is 14.9. The minimum atomic E-state index is -4.33. The van der Waals surface area contributed by atoms with Crippen LogP contribution in [-0.2, 0) is 26.0 Å². The predicted octanol–water partition coefficient (Wildman–Crippen LogP) is 2.16. The average Bonchev–Trinajstić information content (AvgIpc) is 2.94. The number of carboxylic acids is 1. The third kappa shape index (κ3) is 3.11. The van der Waals surface area contributed by atoms with Gasteiger partial charge in [-0.25, -0.2) is 22.3 Å². The Labute approximate surface area is 147 Å². The number of rotatable bonds is 4. The molecule has 1 heterocycles. The van der Waals surface area contributed by atoms with Gasteiger partial charge in [-0.2, -0.15) is 0 Å². The number of fused-ring (bicyclic) bond motifs is 1. The molecule has 1 amide bonds. The van der Waals surface area contributed by atoms with Crippen molar-refractivity contribution in [3.63, 3.8) is 0 Å². The molecule has 2 rings (SSSR count). The van der Waals surface area contributed by atoms with Gasteiger partial charge in [0.2, 0.25) is 0 Å². The number of carbonyl (C=O) groups excluding carboxylic acids is 1. The normalized spacial score (nSPS) is 16.2. The summed E-state index contributed by atoms with van der Waals surface area (Å²) in [6.07, 6.45) is -2.34. The third-order valence-electron chi connectivity index (χ3n) is 3.31. The van der Waals surface area contributed by atoms with E-state index in [2.05, 4.69) is 4.74 Å². The summed E-state index contributed by atoms with van der Waals surface area (Å²) in [6, 6.07) is 1.15. The number of amides is 1. The first-order valence-corrected chi connectivity index (χ1v) is 8.86. The molecule has 0 bridgehead atoms. The van der Waals surface area contributed by atoms with Crippen molar-refractivity contribution in [2.45, 2.75) is 24.3 Å². The van der Waals surface area contributed by atoms with E-state index < -0.39 is 33.1 Å². The summed E-state index contributed by atoms with van der Waals surface area (Å²) in [7, 11) is -3.32. The molecular weight excluding hydrogens is 385 g/mol. The van der Waals surface area contributed by atoms with Crippen molar-refractivity contribution in [2.24, 2.45) is 0 Å². The lowest BCUT2D eigenvalue weighted by Gasteiger charge is -2.18. The van der Waals surface area contributed by atoms with Crippen LogP contribution in [0.3, 0.4) is 0 Å². The molecule has 1 aliphatic rings. The van der Waals surface area contributed by atoms with E-state index in [1.54, 1.807) is 0 Å².